The fraction of sp³-hybridized carbons (Fsp3) is 0.591. The molecule has 1 aromatic carbocycles. The Bertz CT molecular complexity index is 803. The van der Waals surface area contributed by atoms with Gasteiger partial charge in [-0.25, -0.2) is 4.99 Å². The minimum atomic E-state index is 0.517. The van der Waals surface area contributed by atoms with Crippen LogP contribution >= 0.6 is 0 Å². The van der Waals surface area contributed by atoms with Crippen LogP contribution < -0.4 is 15.4 Å². The Morgan fingerprint density at radius 2 is 1.97 bits per heavy atom. The maximum atomic E-state index is 5.94. The van der Waals surface area contributed by atoms with Crippen LogP contribution in [0.1, 0.15) is 49.5 Å². The van der Waals surface area contributed by atoms with Crippen molar-refractivity contribution >= 4 is 5.96 Å². The van der Waals surface area contributed by atoms with Crippen molar-refractivity contribution in [1.82, 2.24) is 25.4 Å². The van der Waals surface area contributed by atoms with Crippen molar-refractivity contribution in [2.75, 3.05) is 26.4 Å². The van der Waals surface area contributed by atoms with Gasteiger partial charge < -0.3 is 24.7 Å². The first-order valence-corrected chi connectivity index (χ1v) is 10.7. The van der Waals surface area contributed by atoms with Gasteiger partial charge in [0.2, 0.25) is 0 Å². The lowest BCUT2D eigenvalue weighted by Gasteiger charge is -2.14. The van der Waals surface area contributed by atoms with Gasteiger partial charge in [-0.3, -0.25) is 0 Å². The Kier molecular flexibility index (Phi) is 10.1. The first-order chi connectivity index (χ1) is 14.5. The van der Waals surface area contributed by atoms with E-state index < -0.39 is 0 Å². The number of nitrogens with one attached hydrogen (secondary N) is 2. The number of ether oxygens (including phenoxy) is 2. The van der Waals surface area contributed by atoms with E-state index in [2.05, 4.69) is 52.9 Å². The monoisotopic (exact) mass is 416 g/mol. The average molecular weight is 417 g/mol. The summed E-state index contributed by atoms with van der Waals surface area (Å²) in [5, 5.41) is 15.1. The average Bonchev–Trinajstić information content (AvgIpc) is 3.06. The summed E-state index contributed by atoms with van der Waals surface area (Å²) >= 11 is 0. The predicted octanol–water partition coefficient (Wildman–Crippen LogP) is 2.88. The number of aryl methyl sites for hydroxylation is 2. The Morgan fingerprint density at radius 1 is 1.13 bits per heavy atom. The van der Waals surface area contributed by atoms with Crippen LogP contribution in [-0.2, 0) is 24.9 Å². The van der Waals surface area contributed by atoms with Gasteiger partial charge in [0, 0.05) is 25.8 Å². The van der Waals surface area contributed by atoms with Crippen LogP contribution in [0.3, 0.4) is 0 Å². The van der Waals surface area contributed by atoms with Crippen molar-refractivity contribution in [3.8, 4) is 5.75 Å². The molecule has 2 N–H and O–H groups in total. The van der Waals surface area contributed by atoms with Crippen LogP contribution in [0, 0.1) is 13.8 Å². The Morgan fingerprint density at radius 3 is 2.67 bits per heavy atom. The molecule has 0 fully saturated rings. The van der Waals surface area contributed by atoms with Gasteiger partial charge in [0.1, 0.15) is 18.2 Å². The van der Waals surface area contributed by atoms with Crippen LogP contribution in [0.15, 0.2) is 23.2 Å². The zero-order chi connectivity index (χ0) is 21.8. The zero-order valence-corrected chi connectivity index (χ0v) is 19.0. The lowest BCUT2D eigenvalue weighted by Crippen LogP contribution is -2.38. The third-order valence-corrected chi connectivity index (χ3v) is 4.74. The number of nitrogens with zero attached hydrogens (tertiary/aromatic N) is 4. The van der Waals surface area contributed by atoms with Crippen molar-refractivity contribution in [1.29, 1.82) is 0 Å². The summed E-state index contributed by atoms with van der Waals surface area (Å²) in [5.74, 6) is 3.37. The number of aromatic nitrogens is 3. The normalized spacial score (nSPS) is 11.6. The lowest BCUT2D eigenvalue weighted by atomic mass is 10.1. The Balaban J connectivity index is 2.06. The van der Waals surface area contributed by atoms with Crippen LogP contribution in [-0.4, -0.2) is 47.1 Å². The highest BCUT2D eigenvalue weighted by Crippen LogP contribution is 2.21. The first-order valence-electron chi connectivity index (χ1n) is 10.7. The van der Waals surface area contributed by atoms with Crippen LogP contribution in [0.4, 0.5) is 0 Å². The van der Waals surface area contributed by atoms with Crippen LogP contribution in [0.5, 0.6) is 5.75 Å². The van der Waals surface area contributed by atoms with E-state index in [1.807, 2.05) is 25.5 Å². The molecule has 0 saturated heterocycles. The molecular weight excluding hydrogens is 380 g/mol. The summed E-state index contributed by atoms with van der Waals surface area (Å²) in [6, 6.07) is 6.21. The van der Waals surface area contributed by atoms with E-state index in [0.29, 0.717) is 32.9 Å². The summed E-state index contributed by atoms with van der Waals surface area (Å²) in [6.07, 6.45) is 2.21. The summed E-state index contributed by atoms with van der Waals surface area (Å²) < 4.78 is 13.3. The fourth-order valence-electron chi connectivity index (χ4n) is 2.77. The molecule has 0 saturated carbocycles. The summed E-state index contributed by atoms with van der Waals surface area (Å²) in [7, 11) is 1.96. The molecule has 0 spiro atoms. The third-order valence-electron chi connectivity index (χ3n) is 4.74. The molecule has 0 atom stereocenters. The van der Waals surface area contributed by atoms with E-state index in [9.17, 15) is 0 Å². The van der Waals surface area contributed by atoms with Gasteiger partial charge in [-0.1, -0.05) is 25.5 Å². The van der Waals surface area contributed by atoms with Gasteiger partial charge in [-0.05, 0) is 38.8 Å². The van der Waals surface area contributed by atoms with Crippen molar-refractivity contribution in [3.05, 3.63) is 41.0 Å². The topological polar surface area (TPSA) is 85.6 Å². The molecule has 30 heavy (non-hydrogen) atoms. The maximum absolute atomic E-state index is 5.94. The number of hydrogen-bond donors (Lipinski definition) is 2. The van der Waals surface area contributed by atoms with Crippen LogP contribution in [0.2, 0.25) is 0 Å². The standard InChI is InChI=1S/C22H36N6O2/c1-6-8-11-23-22(25-16-21-27-26-18(4)28(21)5)24-15-19-10-9-17(3)14-20(19)30-13-12-29-7-2/h9-10,14H,6-8,11-13,15-16H2,1-5H3,(H2,23,24,25). The van der Waals surface area contributed by atoms with Gasteiger partial charge in [0.25, 0.3) is 0 Å². The molecule has 1 aromatic heterocycles. The summed E-state index contributed by atoms with van der Waals surface area (Å²) in [6.45, 7) is 11.9. The van der Waals surface area contributed by atoms with Crippen molar-refractivity contribution in [2.24, 2.45) is 12.0 Å². The SMILES string of the molecule is CCCCNC(=NCc1ccc(C)cc1OCCOCC)NCc1nnc(C)n1C. The Labute approximate surface area is 180 Å². The number of unbranched alkanes of at least 4 members (excludes halogenated alkanes) is 1. The number of guanidine groups is 1. The molecular formula is C22H36N6O2. The molecule has 0 radical (unpaired) electrons. The molecule has 0 aliphatic carbocycles. The molecule has 8 heteroatoms. The van der Waals surface area contributed by atoms with Gasteiger partial charge in [0.15, 0.2) is 11.8 Å². The highest BCUT2D eigenvalue weighted by molar-refractivity contribution is 5.79. The van der Waals surface area contributed by atoms with Gasteiger partial charge in [-0.15, -0.1) is 10.2 Å². The Hall–Kier alpha value is -2.61. The highest BCUT2D eigenvalue weighted by Gasteiger charge is 2.08. The first kappa shape index (κ1) is 23.7. The van der Waals surface area contributed by atoms with Crippen LogP contribution in [0.25, 0.3) is 0 Å². The number of benzene rings is 1. The minimum absolute atomic E-state index is 0.517. The molecule has 2 rings (SSSR count). The quantitative estimate of drug-likeness (QED) is 0.314. The number of rotatable bonds is 12. The molecule has 0 bridgehead atoms. The van der Waals surface area contributed by atoms with E-state index in [-0.39, 0.29) is 0 Å². The molecule has 166 valence electrons. The molecule has 0 amide bonds. The maximum Gasteiger partial charge on any atom is 0.191 e. The highest BCUT2D eigenvalue weighted by atomic mass is 16.5. The summed E-state index contributed by atoms with van der Waals surface area (Å²) in [5.41, 5.74) is 2.20. The smallest absolute Gasteiger partial charge is 0.191 e. The molecule has 0 aliphatic rings. The van der Waals surface area contributed by atoms with Crippen molar-refractivity contribution in [3.63, 3.8) is 0 Å². The third kappa shape index (κ3) is 7.67. The molecule has 2 aromatic rings. The second-order valence-corrected chi connectivity index (χ2v) is 7.18. The minimum Gasteiger partial charge on any atom is -0.491 e. The lowest BCUT2D eigenvalue weighted by molar-refractivity contribution is 0.110. The van der Waals surface area contributed by atoms with E-state index in [4.69, 9.17) is 14.5 Å². The second-order valence-electron chi connectivity index (χ2n) is 7.18. The fourth-order valence-corrected chi connectivity index (χ4v) is 2.77. The van der Waals surface area contributed by atoms with E-state index in [1.165, 1.54) is 0 Å². The van der Waals surface area contributed by atoms with E-state index in [1.54, 1.807) is 0 Å². The van der Waals surface area contributed by atoms with E-state index in [0.717, 1.165) is 53.9 Å². The van der Waals surface area contributed by atoms with Gasteiger partial charge in [-0.2, -0.15) is 0 Å². The number of aliphatic imine (C=N–C) groups is 1. The summed E-state index contributed by atoms with van der Waals surface area (Å²) in [4.78, 5) is 4.78. The molecule has 0 unspecified atom stereocenters. The largest absolute Gasteiger partial charge is 0.491 e. The molecule has 8 nitrogen and oxygen atoms in total. The predicted molar refractivity (Wildman–Crippen MR) is 120 cm³/mol. The number of hydrogen-bond acceptors (Lipinski definition) is 5. The second kappa shape index (κ2) is 12.8. The van der Waals surface area contributed by atoms with Crippen molar-refractivity contribution in [2.45, 2.75) is 53.6 Å². The van der Waals surface area contributed by atoms with E-state index >= 15 is 0 Å². The van der Waals surface area contributed by atoms with Crippen molar-refractivity contribution < 1.29 is 9.47 Å². The zero-order valence-electron chi connectivity index (χ0n) is 19.0. The molecule has 1 heterocycles. The molecule has 0 aliphatic heterocycles. The van der Waals surface area contributed by atoms with Gasteiger partial charge >= 0.3 is 0 Å². The van der Waals surface area contributed by atoms with Gasteiger partial charge in [0.05, 0.1) is 19.7 Å².